The van der Waals surface area contributed by atoms with Gasteiger partial charge in [0.05, 0.1) is 17.9 Å². The van der Waals surface area contributed by atoms with Crippen molar-refractivity contribution in [3.63, 3.8) is 0 Å². The van der Waals surface area contributed by atoms with Crippen molar-refractivity contribution < 1.29 is 29.0 Å². The fraction of sp³-hybridized carbons (Fsp3) is 0.640. The van der Waals surface area contributed by atoms with Crippen LogP contribution in [0.5, 0.6) is 5.75 Å². The van der Waals surface area contributed by atoms with E-state index in [2.05, 4.69) is 4.90 Å². The molecule has 4 rings (SSSR count). The van der Waals surface area contributed by atoms with Crippen molar-refractivity contribution in [3.8, 4) is 5.75 Å². The molecule has 33 heavy (non-hydrogen) atoms. The van der Waals surface area contributed by atoms with Crippen molar-refractivity contribution in [2.45, 2.75) is 56.5 Å². The molecule has 0 bridgehead atoms. The topological polar surface area (TPSA) is 96.4 Å². The predicted octanol–water partition coefficient (Wildman–Crippen LogP) is 2.69. The van der Waals surface area contributed by atoms with E-state index in [0.717, 1.165) is 50.0 Å². The van der Waals surface area contributed by atoms with Crippen LogP contribution in [0.15, 0.2) is 24.3 Å². The number of cyclic esters (lactones) is 1. The van der Waals surface area contributed by atoms with Crippen LogP contribution in [0, 0.1) is 5.41 Å². The summed E-state index contributed by atoms with van der Waals surface area (Å²) in [5, 5.41) is 6.89. The van der Waals surface area contributed by atoms with E-state index in [0.29, 0.717) is 25.9 Å². The Labute approximate surface area is 195 Å². The summed E-state index contributed by atoms with van der Waals surface area (Å²) in [5.41, 5.74) is 0.262. The molecule has 8 heteroatoms. The van der Waals surface area contributed by atoms with Gasteiger partial charge in [-0.1, -0.05) is 25.0 Å². The number of carboxylic acid groups (broad SMARTS) is 1. The highest BCUT2D eigenvalue weighted by atomic mass is 16.6. The molecule has 1 aliphatic carbocycles. The highest BCUT2D eigenvalue weighted by molar-refractivity contribution is 5.89. The van der Waals surface area contributed by atoms with Gasteiger partial charge in [0, 0.05) is 26.1 Å². The zero-order valence-electron chi connectivity index (χ0n) is 19.9. The van der Waals surface area contributed by atoms with Gasteiger partial charge in [0.15, 0.2) is 0 Å². The molecule has 182 valence electrons. The van der Waals surface area contributed by atoms with Crippen LogP contribution in [0.25, 0.3) is 0 Å². The Morgan fingerprint density at radius 1 is 1.18 bits per heavy atom. The minimum Gasteiger partial charge on any atom is -0.497 e. The predicted molar refractivity (Wildman–Crippen MR) is 123 cm³/mol. The molecule has 0 radical (unpaired) electrons. The van der Waals surface area contributed by atoms with Gasteiger partial charge in [-0.05, 0) is 57.5 Å². The number of carbonyl (C=O) groups is 3. The molecule has 1 amide bonds. The third-order valence-corrected chi connectivity index (χ3v) is 7.41. The zero-order chi connectivity index (χ0) is 24.1. The summed E-state index contributed by atoms with van der Waals surface area (Å²) in [5.74, 6) is 0.981. The minimum atomic E-state index is -0.430. The highest BCUT2D eigenvalue weighted by Crippen LogP contribution is 2.47. The van der Waals surface area contributed by atoms with Crippen molar-refractivity contribution in [2.75, 3.05) is 40.8 Å². The average molecular weight is 461 g/mol. The van der Waals surface area contributed by atoms with E-state index in [-0.39, 0.29) is 24.5 Å². The number of likely N-dealkylation sites (tertiary alicyclic amines) is 1. The summed E-state index contributed by atoms with van der Waals surface area (Å²) in [6, 6.07) is 8.00. The van der Waals surface area contributed by atoms with E-state index >= 15 is 0 Å². The summed E-state index contributed by atoms with van der Waals surface area (Å²) in [6.07, 6.45) is 6.10. The minimum absolute atomic E-state index is 0.0322. The third-order valence-electron chi connectivity index (χ3n) is 7.41. The monoisotopic (exact) mass is 460 g/mol. The number of methoxy groups -OCH3 is 1. The van der Waals surface area contributed by atoms with Gasteiger partial charge < -0.3 is 24.4 Å². The van der Waals surface area contributed by atoms with Crippen LogP contribution < -0.4 is 4.74 Å². The molecular formula is C25H36N2O6. The standard InChI is InChI=1S/C24H34N2O4.CH2O2/c1-25(2)17-20-16-23(22(28)30-20)12-14-26(15-13-23)21(27)24(10-4-5-11-24)18-6-8-19(29-3)9-7-18;2-1-3/h6-9,20H,4-5,10-17H2,1-3H3;1H,(H,2,3). The number of nitrogens with zero attached hydrogens (tertiary/aromatic N) is 2. The average Bonchev–Trinajstić information content (AvgIpc) is 3.40. The van der Waals surface area contributed by atoms with Crippen LogP contribution in [0.4, 0.5) is 0 Å². The van der Waals surface area contributed by atoms with E-state index in [9.17, 15) is 9.59 Å². The quantitative estimate of drug-likeness (QED) is 0.533. The fourth-order valence-corrected chi connectivity index (χ4v) is 5.71. The molecule has 3 fully saturated rings. The van der Waals surface area contributed by atoms with Gasteiger partial charge in [-0.15, -0.1) is 0 Å². The molecular weight excluding hydrogens is 424 g/mol. The van der Waals surface area contributed by atoms with Crippen LogP contribution in [-0.2, 0) is 24.5 Å². The third kappa shape index (κ3) is 5.16. The van der Waals surface area contributed by atoms with Gasteiger partial charge in [-0.2, -0.15) is 0 Å². The number of piperidine rings is 1. The lowest BCUT2D eigenvalue weighted by Crippen LogP contribution is -2.51. The maximum absolute atomic E-state index is 13.7. The van der Waals surface area contributed by atoms with Crippen molar-refractivity contribution in [1.29, 1.82) is 0 Å². The second-order valence-electron chi connectivity index (χ2n) is 9.69. The molecule has 1 unspecified atom stereocenters. The Kier molecular flexibility index (Phi) is 8.00. The van der Waals surface area contributed by atoms with Crippen LogP contribution in [0.3, 0.4) is 0 Å². The first-order chi connectivity index (χ1) is 15.8. The van der Waals surface area contributed by atoms with Crippen LogP contribution in [-0.4, -0.2) is 80.2 Å². The first-order valence-electron chi connectivity index (χ1n) is 11.7. The molecule has 1 aromatic carbocycles. The van der Waals surface area contributed by atoms with Crippen LogP contribution in [0.2, 0.25) is 0 Å². The molecule has 1 aromatic rings. The molecule has 1 spiro atoms. The first kappa shape index (κ1) is 25.0. The number of hydrogen-bond donors (Lipinski definition) is 1. The zero-order valence-corrected chi connectivity index (χ0v) is 19.9. The van der Waals surface area contributed by atoms with E-state index in [1.165, 1.54) is 0 Å². The number of esters is 1. The Bertz CT molecular complexity index is 824. The highest BCUT2D eigenvalue weighted by Gasteiger charge is 2.53. The number of likely N-dealkylation sites (N-methyl/N-ethyl adjacent to an activating group) is 1. The van der Waals surface area contributed by atoms with Gasteiger partial charge in [0.2, 0.25) is 5.91 Å². The maximum atomic E-state index is 13.7. The Morgan fingerprint density at radius 3 is 2.27 bits per heavy atom. The summed E-state index contributed by atoms with van der Waals surface area (Å²) in [6.45, 7) is 1.79. The molecule has 2 aliphatic heterocycles. The lowest BCUT2D eigenvalue weighted by Gasteiger charge is -2.41. The normalized spacial score (nSPS) is 23.1. The van der Waals surface area contributed by atoms with Gasteiger partial charge in [0.25, 0.3) is 6.47 Å². The number of amides is 1. The molecule has 0 aromatic heterocycles. The van der Waals surface area contributed by atoms with E-state index < -0.39 is 10.8 Å². The van der Waals surface area contributed by atoms with E-state index in [4.69, 9.17) is 19.4 Å². The Balaban J connectivity index is 0.000000968. The molecule has 8 nitrogen and oxygen atoms in total. The van der Waals surface area contributed by atoms with Gasteiger partial charge >= 0.3 is 5.97 Å². The number of hydrogen-bond acceptors (Lipinski definition) is 6. The summed E-state index contributed by atoms with van der Waals surface area (Å²) in [4.78, 5) is 38.8. The summed E-state index contributed by atoms with van der Waals surface area (Å²) < 4.78 is 11.0. The number of carbonyl (C=O) groups excluding carboxylic acids is 2. The smallest absolute Gasteiger partial charge is 0.312 e. The largest absolute Gasteiger partial charge is 0.497 e. The van der Waals surface area contributed by atoms with Crippen molar-refractivity contribution in [1.82, 2.24) is 9.80 Å². The molecule has 2 saturated heterocycles. The van der Waals surface area contributed by atoms with Crippen LogP contribution in [0.1, 0.15) is 50.5 Å². The molecule has 1 atom stereocenters. The van der Waals surface area contributed by atoms with Crippen molar-refractivity contribution in [2.24, 2.45) is 5.41 Å². The summed E-state index contributed by atoms with van der Waals surface area (Å²) in [7, 11) is 5.66. The fourth-order valence-electron chi connectivity index (χ4n) is 5.71. The van der Waals surface area contributed by atoms with Crippen molar-refractivity contribution in [3.05, 3.63) is 29.8 Å². The summed E-state index contributed by atoms with van der Waals surface area (Å²) >= 11 is 0. The lowest BCUT2D eigenvalue weighted by molar-refractivity contribution is -0.153. The van der Waals surface area contributed by atoms with Crippen molar-refractivity contribution >= 4 is 18.3 Å². The molecule has 2 heterocycles. The van der Waals surface area contributed by atoms with Gasteiger partial charge in [-0.3, -0.25) is 14.4 Å². The number of rotatable bonds is 5. The number of benzene rings is 1. The second kappa shape index (κ2) is 10.5. The molecule has 3 aliphatic rings. The van der Waals surface area contributed by atoms with E-state index in [1.807, 2.05) is 43.3 Å². The molecule has 1 saturated carbocycles. The Hall–Kier alpha value is -2.61. The first-order valence-corrected chi connectivity index (χ1v) is 11.7. The van der Waals surface area contributed by atoms with Crippen LogP contribution >= 0.6 is 0 Å². The van der Waals surface area contributed by atoms with E-state index in [1.54, 1.807) is 7.11 Å². The Morgan fingerprint density at radius 2 is 1.76 bits per heavy atom. The molecule has 1 N–H and O–H groups in total. The van der Waals surface area contributed by atoms with Gasteiger partial charge in [0.1, 0.15) is 11.9 Å². The van der Waals surface area contributed by atoms with Gasteiger partial charge in [-0.25, -0.2) is 0 Å². The lowest BCUT2D eigenvalue weighted by atomic mass is 9.73. The number of ether oxygens (including phenoxy) is 2. The second-order valence-corrected chi connectivity index (χ2v) is 9.69. The SMILES string of the molecule is COc1ccc(C2(C(=O)N3CCC4(CC3)CC(CN(C)C)OC4=O)CCCC2)cc1.O=CO. The maximum Gasteiger partial charge on any atom is 0.312 e.